The van der Waals surface area contributed by atoms with E-state index in [2.05, 4.69) is 20.2 Å². The Labute approximate surface area is 127 Å². The topological polar surface area (TPSA) is 49.8 Å². The van der Waals surface area contributed by atoms with Crippen molar-refractivity contribution >= 4 is 5.96 Å². The van der Waals surface area contributed by atoms with Crippen molar-refractivity contribution in [3.8, 4) is 0 Å². The maximum absolute atomic E-state index is 5.66. The molecule has 0 radical (unpaired) electrons. The number of aliphatic imine (C=N–C) groups is 1. The van der Waals surface area contributed by atoms with Crippen molar-refractivity contribution in [3.63, 3.8) is 0 Å². The van der Waals surface area contributed by atoms with Gasteiger partial charge in [0.15, 0.2) is 5.96 Å². The largest absolute Gasteiger partial charge is 0.379 e. The van der Waals surface area contributed by atoms with Crippen molar-refractivity contribution in [1.82, 2.24) is 15.2 Å². The minimum atomic E-state index is 0.682. The summed E-state index contributed by atoms with van der Waals surface area (Å²) in [4.78, 5) is 10.9. The Morgan fingerprint density at radius 2 is 2.29 bits per heavy atom. The van der Waals surface area contributed by atoms with Gasteiger partial charge in [-0.05, 0) is 37.8 Å². The second kappa shape index (κ2) is 7.98. The molecule has 1 aliphatic rings. The molecule has 116 valence electrons. The summed E-state index contributed by atoms with van der Waals surface area (Å²) >= 11 is 0. The monoisotopic (exact) mass is 290 g/mol. The van der Waals surface area contributed by atoms with E-state index in [0.29, 0.717) is 6.54 Å². The van der Waals surface area contributed by atoms with Crippen molar-refractivity contribution in [2.45, 2.75) is 26.3 Å². The molecule has 0 bridgehead atoms. The number of hydrogen-bond donors (Lipinski definition) is 1. The quantitative estimate of drug-likeness (QED) is 0.473. The first kappa shape index (κ1) is 15.8. The first-order valence-corrected chi connectivity index (χ1v) is 7.61. The minimum Gasteiger partial charge on any atom is -0.379 e. The van der Waals surface area contributed by atoms with E-state index in [9.17, 15) is 0 Å². The Morgan fingerprint density at radius 1 is 1.48 bits per heavy atom. The van der Waals surface area contributed by atoms with Crippen molar-refractivity contribution in [2.24, 2.45) is 10.9 Å². The maximum atomic E-state index is 5.66. The Kier molecular flexibility index (Phi) is 5.99. The number of aryl methyl sites for hydroxylation is 1. The van der Waals surface area contributed by atoms with Crippen molar-refractivity contribution in [3.05, 3.63) is 29.6 Å². The molecule has 0 aromatic carbocycles. The molecule has 21 heavy (non-hydrogen) atoms. The van der Waals surface area contributed by atoms with Gasteiger partial charge >= 0.3 is 0 Å². The number of ether oxygens (including phenoxy) is 1. The van der Waals surface area contributed by atoms with E-state index in [1.54, 1.807) is 7.05 Å². The molecule has 2 rings (SSSR count). The SMILES string of the molecule is CN=C(NCc1cccc(C)n1)N(C)CCOCC1CC1. The van der Waals surface area contributed by atoms with Gasteiger partial charge in [-0.15, -0.1) is 0 Å². The molecule has 0 unspecified atom stereocenters. The molecule has 1 aliphatic carbocycles. The lowest BCUT2D eigenvalue weighted by atomic mass is 10.3. The van der Waals surface area contributed by atoms with Gasteiger partial charge in [0.1, 0.15) is 0 Å². The van der Waals surface area contributed by atoms with E-state index in [1.807, 2.05) is 32.2 Å². The summed E-state index contributed by atoms with van der Waals surface area (Å²) in [5.74, 6) is 1.69. The van der Waals surface area contributed by atoms with Crippen LogP contribution in [-0.2, 0) is 11.3 Å². The van der Waals surface area contributed by atoms with Crippen LogP contribution in [0.25, 0.3) is 0 Å². The summed E-state index contributed by atoms with van der Waals surface area (Å²) < 4.78 is 5.66. The molecule has 0 spiro atoms. The fourth-order valence-electron chi connectivity index (χ4n) is 2.09. The molecule has 5 nitrogen and oxygen atoms in total. The minimum absolute atomic E-state index is 0.682. The summed E-state index contributed by atoms with van der Waals surface area (Å²) in [5, 5.41) is 3.33. The fraction of sp³-hybridized carbons (Fsp3) is 0.625. The lowest BCUT2D eigenvalue weighted by Crippen LogP contribution is -2.40. The molecule has 1 aromatic heterocycles. The predicted molar refractivity (Wildman–Crippen MR) is 85.3 cm³/mol. The zero-order chi connectivity index (χ0) is 15.1. The number of nitrogens with one attached hydrogen (secondary N) is 1. The van der Waals surface area contributed by atoms with Crippen LogP contribution in [0.2, 0.25) is 0 Å². The summed E-state index contributed by atoms with van der Waals surface area (Å²) in [6, 6.07) is 6.05. The van der Waals surface area contributed by atoms with Crippen LogP contribution in [0.4, 0.5) is 0 Å². The van der Waals surface area contributed by atoms with Gasteiger partial charge in [0, 0.05) is 32.9 Å². The molecule has 0 amide bonds. The van der Waals surface area contributed by atoms with Crippen LogP contribution in [0.5, 0.6) is 0 Å². The number of hydrogen-bond acceptors (Lipinski definition) is 3. The van der Waals surface area contributed by atoms with E-state index in [-0.39, 0.29) is 0 Å². The van der Waals surface area contributed by atoms with Crippen LogP contribution >= 0.6 is 0 Å². The van der Waals surface area contributed by atoms with Crippen LogP contribution in [0.15, 0.2) is 23.2 Å². The van der Waals surface area contributed by atoms with Gasteiger partial charge < -0.3 is 15.0 Å². The number of guanidine groups is 1. The van der Waals surface area contributed by atoms with Gasteiger partial charge in [-0.2, -0.15) is 0 Å². The Hall–Kier alpha value is -1.62. The van der Waals surface area contributed by atoms with E-state index >= 15 is 0 Å². The summed E-state index contributed by atoms with van der Waals surface area (Å²) in [5.41, 5.74) is 2.06. The number of likely N-dealkylation sites (N-methyl/N-ethyl adjacent to an activating group) is 1. The van der Waals surface area contributed by atoms with E-state index < -0.39 is 0 Å². The highest BCUT2D eigenvalue weighted by atomic mass is 16.5. The number of aromatic nitrogens is 1. The number of nitrogens with zero attached hydrogens (tertiary/aromatic N) is 3. The lowest BCUT2D eigenvalue weighted by molar-refractivity contribution is 0.115. The maximum Gasteiger partial charge on any atom is 0.193 e. The Bertz CT molecular complexity index is 471. The average molecular weight is 290 g/mol. The second-order valence-corrected chi connectivity index (χ2v) is 5.61. The summed E-state index contributed by atoms with van der Waals surface area (Å²) in [6.45, 7) is 5.18. The molecule has 1 aromatic rings. The molecule has 0 atom stereocenters. The highest BCUT2D eigenvalue weighted by Crippen LogP contribution is 2.28. The molecule has 5 heteroatoms. The van der Waals surface area contributed by atoms with Crippen LogP contribution in [0, 0.1) is 12.8 Å². The van der Waals surface area contributed by atoms with Gasteiger partial charge in [0.25, 0.3) is 0 Å². The van der Waals surface area contributed by atoms with E-state index in [1.165, 1.54) is 12.8 Å². The number of rotatable bonds is 7. The van der Waals surface area contributed by atoms with Gasteiger partial charge in [-0.3, -0.25) is 9.98 Å². The molecular formula is C16H26N4O. The molecule has 1 fully saturated rings. The zero-order valence-electron chi connectivity index (χ0n) is 13.3. The van der Waals surface area contributed by atoms with Gasteiger partial charge in [-0.1, -0.05) is 6.07 Å². The molecule has 1 N–H and O–H groups in total. The van der Waals surface area contributed by atoms with Crippen molar-refractivity contribution in [2.75, 3.05) is 33.9 Å². The van der Waals surface area contributed by atoms with Gasteiger partial charge in [-0.25, -0.2) is 0 Å². The van der Waals surface area contributed by atoms with Crippen LogP contribution in [0.1, 0.15) is 24.2 Å². The fourth-order valence-corrected chi connectivity index (χ4v) is 2.09. The molecular weight excluding hydrogens is 264 g/mol. The predicted octanol–water partition coefficient (Wildman–Crippen LogP) is 1.82. The van der Waals surface area contributed by atoms with Crippen molar-refractivity contribution < 1.29 is 4.74 Å². The first-order valence-electron chi connectivity index (χ1n) is 7.61. The lowest BCUT2D eigenvalue weighted by Gasteiger charge is -2.22. The van der Waals surface area contributed by atoms with Crippen LogP contribution in [-0.4, -0.2) is 49.7 Å². The summed E-state index contributed by atoms with van der Waals surface area (Å²) in [7, 11) is 3.83. The van der Waals surface area contributed by atoms with Crippen LogP contribution < -0.4 is 5.32 Å². The Balaban J connectivity index is 1.70. The molecule has 1 heterocycles. The third kappa shape index (κ3) is 5.71. The standard InChI is InChI=1S/C16H26N4O/c1-13-5-4-6-15(19-13)11-18-16(17-2)20(3)9-10-21-12-14-7-8-14/h4-6,14H,7-12H2,1-3H3,(H,17,18). The Morgan fingerprint density at radius 3 is 2.95 bits per heavy atom. The van der Waals surface area contributed by atoms with Crippen LogP contribution in [0.3, 0.4) is 0 Å². The number of pyridine rings is 1. The van der Waals surface area contributed by atoms with Gasteiger partial charge in [0.05, 0.1) is 18.8 Å². The highest BCUT2D eigenvalue weighted by Gasteiger charge is 2.21. The van der Waals surface area contributed by atoms with Gasteiger partial charge in [0.2, 0.25) is 0 Å². The third-order valence-electron chi connectivity index (χ3n) is 3.57. The van der Waals surface area contributed by atoms with E-state index in [0.717, 1.165) is 43.0 Å². The first-order chi connectivity index (χ1) is 10.2. The smallest absolute Gasteiger partial charge is 0.193 e. The highest BCUT2D eigenvalue weighted by molar-refractivity contribution is 5.79. The second-order valence-electron chi connectivity index (χ2n) is 5.61. The average Bonchev–Trinajstić information content (AvgIpc) is 3.28. The molecule has 0 saturated heterocycles. The third-order valence-corrected chi connectivity index (χ3v) is 3.57. The van der Waals surface area contributed by atoms with E-state index in [4.69, 9.17) is 4.74 Å². The molecule has 1 saturated carbocycles. The molecule has 0 aliphatic heterocycles. The normalized spacial score (nSPS) is 15.1. The zero-order valence-corrected chi connectivity index (χ0v) is 13.3. The summed E-state index contributed by atoms with van der Waals surface area (Å²) in [6.07, 6.45) is 2.67. The van der Waals surface area contributed by atoms with Crippen molar-refractivity contribution in [1.29, 1.82) is 0 Å².